The molecule has 1 rings (SSSR count). The summed E-state index contributed by atoms with van der Waals surface area (Å²) in [7, 11) is 0. The van der Waals surface area contributed by atoms with Gasteiger partial charge in [-0.3, -0.25) is 0 Å². The van der Waals surface area contributed by atoms with Crippen LogP contribution in [0.2, 0.25) is 0 Å². The third kappa shape index (κ3) is 2.61. The highest BCUT2D eigenvalue weighted by atomic mass is 16.6. The van der Waals surface area contributed by atoms with E-state index in [0.717, 1.165) is 19.4 Å². The quantitative estimate of drug-likeness (QED) is 0.624. The van der Waals surface area contributed by atoms with E-state index < -0.39 is 0 Å². The van der Waals surface area contributed by atoms with Gasteiger partial charge in [0.05, 0.1) is 6.61 Å². The Hall–Kier alpha value is -0.730. The zero-order chi connectivity index (χ0) is 9.84. The van der Waals surface area contributed by atoms with Gasteiger partial charge in [0.25, 0.3) is 0 Å². The first-order valence-corrected chi connectivity index (χ1v) is 4.91. The van der Waals surface area contributed by atoms with Crippen LogP contribution in [0.25, 0.3) is 0 Å². The van der Waals surface area contributed by atoms with Gasteiger partial charge >= 0.3 is 6.09 Å². The molecular weight excluding hydrogens is 166 g/mol. The highest BCUT2D eigenvalue weighted by Gasteiger charge is 2.27. The van der Waals surface area contributed by atoms with Gasteiger partial charge in [0, 0.05) is 12.6 Å². The van der Waals surface area contributed by atoms with E-state index in [1.807, 2.05) is 13.8 Å². The van der Waals surface area contributed by atoms with Crippen molar-refractivity contribution < 1.29 is 9.53 Å². The van der Waals surface area contributed by atoms with Crippen LogP contribution < -0.4 is 0 Å². The van der Waals surface area contributed by atoms with Crippen molar-refractivity contribution in [3.05, 3.63) is 6.92 Å². The summed E-state index contributed by atoms with van der Waals surface area (Å²) in [5.74, 6) is 0.487. The average molecular weight is 184 g/mol. The summed E-state index contributed by atoms with van der Waals surface area (Å²) >= 11 is 0. The van der Waals surface area contributed by atoms with E-state index >= 15 is 0 Å². The van der Waals surface area contributed by atoms with Gasteiger partial charge in [0.1, 0.15) is 0 Å². The van der Waals surface area contributed by atoms with E-state index in [4.69, 9.17) is 4.74 Å². The predicted octanol–water partition coefficient (Wildman–Crippen LogP) is 2.08. The van der Waals surface area contributed by atoms with Crippen molar-refractivity contribution in [1.29, 1.82) is 0 Å². The second kappa shape index (κ2) is 4.49. The van der Waals surface area contributed by atoms with Crippen LogP contribution in [0.15, 0.2) is 0 Å². The molecule has 1 heterocycles. The van der Waals surface area contributed by atoms with E-state index in [1.165, 1.54) is 0 Å². The van der Waals surface area contributed by atoms with E-state index in [9.17, 15) is 4.79 Å². The standard InChI is InChI=1S/C10H18NO2/c1-4-13-10(12)11-6-5-8(2)7-9(11)3/h8-9H,2,4-7H2,1,3H3. The van der Waals surface area contributed by atoms with Gasteiger partial charge in [-0.15, -0.1) is 0 Å². The number of likely N-dealkylation sites (tertiary alicyclic amines) is 1. The van der Waals surface area contributed by atoms with Crippen molar-refractivity contribution in [2.24, 2.45) is 5.92 Å². The Morgan fingerprint density at radius 2 is 2.38 bits per heavy atom. The molecule has 0 N–H and O–H groups in total. The number of nitrogens with zero attached hydrogens (tertiary/aromatic N) is 1. The normalized spacial score (nSPS) is 28.7. The molecular formula is C10H18NO2. The molecule has 0 aromatic rings. The molecule has 2 unspecified atom stereocenters. The number of piperidine rings is 1. The molecule has 0 spiro atoms. The summed E-state index contributed by atoms with van der Waals surface area (Å²) in [5, 5.41) is 0. The smallest absolute Gasteiger partial charge is 0.409 e. The number of carbonyl (C=O) groups excluding carboxylic acids is 1. The topological polar surface area (TPSA) is 29.5 Å². The van der Waals surface area contributed by atoms with Crippen molar-refractivity contribution >= 4 is 6.09 Å². The molecule has 0 aromatic heterocycles. The summed E-state index contributed by atoms with van der Waals surface area (Å²) < 4.78 is 4.95. The first kappa shape index (κ1) is 10.4. The Morgan fingerprint density at radius 3 is 2.92 bits per heavy atom. The number of hydrogen-bond acceptors (Lipinski definition) is 2. The maximum Gasteiger partial charge on any atom is 0.409 e. The lowest BCUT2D eigenvalue weighted by Crippen LogP contribution is -2.44. The average Bonchev–Trinajstić information content (AvgIpc) is 2.04. The molecule has 1 aliphatic rings. The fourth-order valence-electron chi connectivity index (χ4n) is 1.75. The molecule has 1 fully saturated rings. The molecule has 13 heavy (non-hydrogen) atoms. The van der Waals surface area contributed by atoms with Crippen molar-refractivity contribution in [3.8, 4) is 0 Å². The summed E-state index contributed by atoms with van der Waals surface area (Å²) in [6.07, 6.45) is 1.80. The van der Waals surface area contributed by atoms with Gasteiger partial charge in [-0.25, -0.2) is 4.79 Å². The molecule has 1 saturated heterocycles. The summed E-state index contributed by atoms with van der Waals surface area (Å²) in [5.41, 5.74) is 0. The number of hydrogen-bond donors (Lipinski definition) is 0. The maximum atomic E-state index is 11.4. The summed E-state index contributed by atoms with van der Waals surface area (Å²) in [6.45, 7) is 9.13. The second-order valence-electron chi connectivity index (χ2n) is 3.63. The van der Waals surface area contributed by atoms with Crippen LogP contribution in [0, 0.1) is 12.8 Å². The molecule has 0 aliphatic carbocycles. The van der Waals surface area contributed by atoms with Crippen molar-refractivity contribution in [3.63, 3.8) is 0 Å². The highest BCUT2D eigenvalue weighted by Crippen LogP contribution is 2.22. The third-order valence-corrected chi connectivity index (χ3v) is 2.49. The monoisotopic (exact) mass is 184 g/mol. The fourth-order valence-corrected chi connectivity index (χ4v) is 1.75. The van der Waals surface area contributed by atoms with Gasteiger partial charge in [0.15, 0.2) is 0 Å². The Balaban J connectivity index is 2.45. The van der Waals surface area contributed by atoms with Crippen molar-refractivity contribution in [2.75, 3.05) is 13.2 Å². The molecule has 1 amide bonds. The fraction of sp³-hybridized carbons (Fsp3) is 0.800. The third-order valence-electron chi connectivity index (χ3n) is 2.49. The molecule has 3 heteroatoms. The number of rotatable bonds is 1. The molecule has 3 nitrogen and oxygen atoms in total. The Labute approximate surface area is 80.1 Å². The first-order valence-electron chi connectivity index (χ1n) is 4.91. The van der Waals surface area contributed by atoms with Crippen LogP contribution in [-0.4, -0.2) is 30.2 Å². The van der Waals surface area contributed by atoms with Crippen molar-refractivity contribution in [1.82, 2.24) is 4.90 Å². The Morgan fingerprint density at radius 1 is 1.69 bits per heavy atom. The highest BCUT2D eigenvalue weighted by molar-refractivity contribution is 5.68. The number of carbonyl (C=O) groups is 1. The van der Waals surface area contributed by atoms with Gasteiger partial charge in [-0.2, -0.15) is 0 Å². The predicted molar refractivity (Wildman–Crippen MR) is 51.3 cm³/mol. The minimum absolute atomic E-state index is 0.179. The summed E-state index contributed by atoms with van der Waals surface area (Å²) in [6, 6.07) is 0.273. The summed E-state index contributed by atoms with van der Waals surface area (Å²) in [4.78, 5) is 13.2. The number of amides is 1. The van der Waals surface area contributed by atoms with Gasteiger partial charge in [-0.1, -0.05) is 6.92 Å². The largest absolute Gasteiger partial charge is 0.450 e. The van der Waals surface area contributed by atoms with E-state index in [1.54, 1.807) is 4.90 Å². The molecule has 0 aromatic carbocycles. The first-order chi connectivity index (χ1) is 6.15. The second-order valence-corrected chi connectivity index (χ2v) is 3.63. The molecule has 75 valence electrons. The van der Waals surface area contributed by atoms with Crippen LogP contribution >= 0.6 is 0 Å². The minimum Gasteiger partial charge on any atom is -0.450 e. The lowest BCUT2D eigenvalue weighted by Gasteiger charge is -2.35. The minimum atomic E-state index is -0.179. The van der Waals surface area contributed by atoms with Crippen LogP contribution in [0.3, 0.4) is 0 Å². The zero-order valence-electron chi connectivity index (χ0n) is 8.45. The molecule has 2 atom stereocenters. The molecule has 0 bridgehead atoms. The van der Waals surface area contributed by atoms with E-state index in [2.05, 4.69) is 6.92 Å². The van der Waals surface area contributed by atoms with Gasteiger partial charge in [-0.05, 0) is 32.6 Å². The van der Waals surface area contributed by atoms with Gasteiger partial charge in [0.2, 0.25) is 0 Å². The molecule has 0 saturated carbocycles. The Kier molecular flexibility index (Phi) is 3.58. The SMILES string of the molecule is [CH2]C1CCN(C(=O)OCC)C(C)C1. The lowest BCUT2D eigenvalue weighted by atomic mass is 9.94. The van der Waals surface area contributed by atoms with Crippen LogP contribution in [0.1, 0.15) is 26.7 Å². The molecule has 1 aliphatic heterocycles. The van der Waals surface area contributed by atoms with Crippen molar-refractivity contribution in [2.45, 2.75) is 32.7 Å². The van der Waals surface area contributed by atoms with E-state index in [0.29, 0.717) is 12.5 Å². The number of ether oxygens (including phenoxy) is 1. The maximum absolute atomic E-state index is 11.4. The lowest BCUT2D eigenvalue weighted by molar-refractivity contribution is 0.0744. The van der Waals surface area contributed by atoms with Gasteiger partial charge < -0.3 is 9.64 Å². The Bertz CT molecular complexity index is 182. The van der Waals surface area contributed by atoms with Crippen LogP contribution in [0.5, 0.6) is 0 Å². The molecule has 1 radical (unpaired) electrons. The van der Waals surface area contributed by atoms with E-state index in [-0.39, 0.29) is 12.1 Å². The van der Waals surface area contributed by atoms with Crippen LogP contribution in [-0.2, 0) is 4.74 Å². The van der Waals surface area contributed by atoms with Crippen LogP contribution in [0.4, 0.5) is 4.79 Å². The zero-order valence-corrected chi connectivity index (χ0v) is 8.45.